The maximum absolute atomic E-state index is 11.2. The van der Waals surface area contributed by atoms with Crippen LogP contribution >= 0.6 is 0 Å². The van der Waals surface area contributed by atoms with E-state index in [9.17, 15) is 14.9 Å². The second-order valence-corrected chi connectivity index (χ2v) is 4.32. The summed E-state index contributed by atoms with van der Waals surface area (Å²) in [4.78, 5) is 25.8. The molecule has 0 atom stereocenters. The fourth-order valence-corrected chi connectivity index (χ4v) is 2.08. The van der Waals surface area contributed by atoms with Gasteiger partial charge in [-0.15, -0.1) is 0 Å². The Hall–Kier alpha value is -2.77. The van der Waals surface area contributed by atoms with Gasteiger partial charge in [-0.25, -0.2) is 14.5 Å². The molecule has 0 radical (unpaired) electrons. The molecule has 0 aliphatic rings. The van der Waals surface area contributed by atoms with Crippen LogP contribution in [0.5, 0.6) is 0 Å². The Balaban J connectivity index is 2.77. The quantitative estimate of drug-likeness (QED) is 0.675. The highest BCUT2D eigenvalue weighted by molar-refractivity contribution is 5.90. The average molecular weight is 276 g/mol. The maximum Gasteiger partial charge on any atom is 0.339 e. The van der Waals surface area contributed by atoms with E-state index in [1.165, 1.54) is 30.8 Å². The number of carboxylic acids is 1. The van der Waals surface area contributed by atoms with Crippen molar-refractivity contribution in [3.8, 4) is 5.82 Å². The molecule has 0 unspecified atom stereocenters. The van der Waals surface area contributed by atoms with Gasteiger partial charge >= 0.3 is 11.7 Å². The molecule has 8 nitrogen and oxygen atoms in total. The van der Waals surface area contributed by atoms with Crippen LogP contribution in [0.15, 0.2) is 12.3 Å². The van der Waals surface area contributed by atoms with Crippen LogP contribution in [0.3, 0.4) is 0 Å². The Morgan fingerprint density at radius 3 is 2.55 bits per heavy atom. The lowest BCUT2D eigenvalue weighted by Gasteiger charge is -2.06. The molecule has 0 aliphatic heterocycles. The summed E-state index contributed by atoms with van der Waals surface area (Å²) in [5.41, 5.74) is 0.867. The SMILES string of the molecule is Cc1ccnc(-n2nc(C)c(C(=O)O)c2C)c1[N+](=O)[O-]. The van der Waals surface area contributed by atoms with E-state index in [0.717, 1.165) is 0 Å². The molecule has 2 heterocycles. The highest BCUT2D eigenvalue weighted by Gasteiger charge is 2.25. The smallest absolute Gasteiger partial charge is 0.339 e. The van der Waals surface area contributed by atoms with Crippen molar-refractivity contribution in [2.75, 3.05) is 0 Å². The number of aromatic nitrogens is 3. The Bertz CT molecular complexity index is 720. The van der Waals surface area contributed by atoms with Gasteiger partial charge in [-0.1, -0.05) is 0 Å². The lowest BCUT2D eigenvalue weighted by atomic mass is 10.2. The van der Waals surface area contributed by atoms with E-state index in [0.29, 0.717) is 11.3 Å². The molecule has 0 saturated carbocycles. The highest BCUT2D eigenvalue weighted by Crippen LogP contribution is 2.26. The lowest BCUT2D eigenvalue weighted by molar-refractivity contribution is -0.385. The van der Waals surface area contributed by atoms with Crippen molar-refractivity contribution >= 4 is 11.7 Å². The van der Waals surface area contributed by atoms with Crippen LogP contribution in [0.2, 0.25) is 0 Å². The topological polar surface area (TPSA) is 111 Å². The van der Waals surface area contributed by atoms with Crippen molar-refractivity contribution in [2.24, 2.45) is 0 Å². The fourth-order valence-electron chi connectivity index (χ4n) is 2.08. The summed E-state index contributed by atoms with van der Waals surface area (Å²) in [6.45, 7) is 4.67. The normalized spacial score (nSPS) is 10.6. The molecular weight excluding hydrogens is 264 g/mol. The number of carboxylic acid groups (broad SMARTS) is 1. The third-order valence-electron chi connectivity index (χ3n) is 3.00. The van der Waals surface area contributed by atoms with Gasteiger partial charge in [-0.2, -0.15) is 5.10 Å². The largest absolute Gasteiger partial charge is 0.478 e. The average Bonchev–Trinajstić information content (AvgIpc) is 2.63. The van der Waals surface area contributed by atoms with Crippen LogP contribution in [-0.2, 0) is 0 Å². The molecule has 0 aromatic carbocycles. The number of carbonyl (C=O) groups is 1. The van der Waals surface area contributed by atoms with Crippen LogP contribution in [0, 0.1) is 30.9 Å². The summed E-state index contributed by atoms with van der Waals surface area (Å²) < 4.78 is 1.20. The lowest BCUT2D eigenvalue weighted by Crippen LogP contribution is -2.08. The van der Waals surface area contributed by atoms with Crippen molar-refractivity contribution in [3.05, 3.63) is 44.9 Å². The monoisotopic (exact) mass is 276 g/mol. The van der Waals surface area contributed by atoms with E-state index in [4.69, 9.17) is 5.11 Å². The molecule has 0 aliphatic carbocycles. The molecule has 2 aromatic rings. The molecule has 20 heavy (non-hydrogen) atoms. The van der Waals surface area contributed by atoms with Crippen molar-refractivity contribution in [2.45, 2.75) is 20.8 Å². The van der Waals surface area contributed by atoms with Gasteiger partial charge in [-0.05, 0) is 26.8 Å². The minimum Gasteiger partial charge on any atom is -0.478 e. The van der Waals surface area contributed by atoms with Crippen LogP contribution in [0.25, 0.3) is 5.82 Å². The molecule has 0 spiro atoms. The van der Waals surface area contributed by atoms with Crippen LogP contribution in [-0.4, -0.2) is 30.8 Å². The van der Waals surface area contributed by atoms with Crippen LogP contribution in [0.4, 0.5) is 5.69 Å². The number of pyridine rings is 1. The summed E-state index contributed by atoms with van der Waals surface area (Å²) >= 11 is 0. The van der Waals surface area contributed by atoms with Crippen molar-refractivity contribution in [1.82, 2.24) is 14.8 Å². The number of aryl methyl sites for hydroxylation is 2. The van der Waals surface area contributed by atoms with Crippen molar-refractivity contribution in [1.29, 1.82) is 0 Å². The Morgan fingerprint density at radius 2 is 2.05 bits per heavy atom. The van der Waals surface area contributed by atoms with Gasteiger partial charge in [0.25, 0.3) is 0 Å². The molecule has 104 valence electrons. The van der Waals surface area contributed by atoms with Gasteiger partial charge in [0, 0.05) is 11.8 Å². The molecule has 2 aromatic heterocycles. The van der Waals surface area contributed by atoms with Gasteiger partial charge < -0.3 is 5.11 Å². The molecular formula is C12H12N4O4. The summed E-state index contributed by atoms with van der Waals surface area (Å²) in [5.74, 6) is -1.11. The molecule has 8 heteroatoms. The van der Waals surface area contributed by atoms with Crippen LogP contribution < -0.4 is 0 Å². The third-order valence-corrected chi connectivity index (χ3v) is 3.00. The molecule has 0 bridgehead atoms. The Kier molecular flexibility index (Phi) is 3.23. The predicted molar refractivity (Wildman–Crippen MR) is 69.2 cm³/mol. The Labute approximate surface area is 113 Å². The molecule has 0 saturated heterocycles. The van der Waals surface area contributed by atoms with E-state index in [1.54, 1.807) is 6.92 Å². The van der Waals surface area contributed by atoms with Crippen molar-refractivity contribution in [3.63, 3.8) is 0 Å². The van der Waals surface area contributed by atoms with E-state index >= 15 is 0 Å². The number of rotatable bonds is 3. The van der Waals surface area contributed by atoms with Gasteiger partial charge in [0.15, 0.2) is 0 Å². The first-order valence-corrected chi connectivity index (χ1v) is 5.74. The summed E-state index contributed by atoms with van der Waals surface area (Å²) in [6, 6.07) is 1.52. The van der Waals surface area contributed by atoms with E-state index < -0.39 is 10.9 Å². The second kappa shape index (κ2) is 4.72. The predicted octanol–water partition coefficient (Wildman–Crippen LogP) is 1.80. The highest BCUT2D eigenvalue weighted by atomic mass is 16.6. The third kappa shape index (κ3) is 2.00. The first kappa shape index (κ1) is 13.7. The summed E-state index contributed by atoms with van der Waals surface area (Å²) in [7, 11) is 0. The van der Waals surface area contributed by atoms with E-state index in [2.05, 4.69) is 10.1 Å². The zero-order valence-electron chi connectivity index (χ0n) is 11.1. The number of nitro groups is 1. The molecule has 0 fully saturated rings. The van der Waals surface area contributed by atoms with Gasteiger partial charge in [-0.3, -0.25) is 10.1 Å². The zero-order chi connectivity index (χ0) is 15.0. The fraction of sp³-hybridized carbons (Fsp3) is 0.250. The number of hydrogen-bond acceptors (Lipinski definition) is 5. The second-order valence-electron chi connectivity index (χ2n) is 4.32. The summed E-state index contributed by atoms with van der Waals surface area (Å²) in [6.07, 6.45) is 1.43. The van der Waals surface area contributed by atoms with Gasteiger partial charge in [0.2, 0.25) is 5.82 Å². The minimum absolute atomic E-state index is 0.0168. The van der Waals surface area contributed by atoms with Gasteiger partial charge in [0.05, 0.1) is 16.3 Å². The number of hydrogen-bond donors (Lipinski definition) is 1. The van der Waals surface area contributed by atoms with Crippen LogP contribution in [0.1, 0.15) is 27.3 Å². The van der Waals surface area contributed by atoms with Crippen molar-refractivity contribution < 1.29 is 14.8 Å². The first-order valence-electron chi connectivity index (χ1n) is 5.74. The molecule has 1 N–H and O–H groups in total. The van der Waals surface area contributed by atoms with E-state index in [1.807, 2.05) is 0 Å². The number of aromatic carboxylic acids is 1. The molecule has 0 amide bonds. The maximum atomic E-state index is 11.2. The minimum atomic E-state index is -1.12. The molecule has 2 rings (SSSR count). The first-order chi connectivity index (χ1) is 9.34. The standard InChI is InChI=1S/C12H12N4O4/c1-6-4-5-13-11(10(6)16(19)20)15-8(3)9(12(17)18)7(2)14-15/h4-5H,1-3H3,(H,17,18). The number of nitrogens with zero attached hydrogens (tertiary/aromatic N) is 4. The van der Waals surface area contributed by atoms with Gasteiger partial charge in [0.1, 0.15) is 5.56 Å². The van der Waals surface area contributed by atoms with E-state index in [-0.39, 0.29) is 22.8 Å². The Morgan fingerprint density at radius 1 is 1.40 bits per heavy atom. The zero-order valence-corrected chi connectivity index (χ0v) is 11.1. The summed E-state index contributed by atoms with van der Waals surface area (Å²) in [5, 5.41) is 24.3.